The molecule has 2 aliphatic rings. The van der Waals surface area contributed by atoms with Gasteiger partial charge < -0.3 is 20.3 Å². The number of ether oxygens (including phenoxy) is 1. The van der Waals surface area contributed by atoms with Crippen LogP contribution < -0.4 is 15.4 Å². The van der Waals surface area contributed by atoms with Gasteiger partial charge in [-0.1, -0.05) is 38.8 Å². The molecule has 1 aliphatic carbocycles. The molecular formula is C25H42IN5O2. The molecule has 1 saturated heterocycles. The van der Waals surface area contributed by atoms with Gasteiger partial charge in [-0.05, 0) is 50.0 Å². The average Bonchev–Trinajstić information content (AvgIpc) is 3.53. The lowest BCUT2D eigenvalue weighted by atomic mass is 10.0. The molecule has 1 heterocycles. The number of aliphatic imine (C=N–C) groups is 1. The topological polar surface area (TPSA) is 69.2 Å². The molecule has 8 heteroatoms. The molecule has 1 amide bonds. The Morgan fingerprint density at radius 2 is 1.97 bits per heavy atom. The lowest BCUT2D eigenvalue weighted by Crippen LogP contribution is -2.47. The van der Waals surface area contributed by atoms with Crippen LogP contribution in [0.2, 0.25) is 0 Å². The first kappa shape index (κ1) is 27.7. The van der Waals surface area contributed by atoms with E-state index in [-0.39, 0.29) is 42.0 Å². The Morgan fingerprint density at radius 1 is 1.24 bits per heavy atom. The van der Waals surface area contributed by atoms with Crippen LogP contribution in [-0.2, 0) is 4.79 Å². The number of methoxy groups -OCH3 is 1. The molecule has 2 atom stereocenters. The number of benzene rings is 1. The lowest BCUT2D eigenvalue weighted by Gasteiger charge is -2.31. The summed E-state index contributed by atoms with van der Waals surface area (Å²) in [6.45, 7) is 8.67. The molecule has 1 aromatic rings. The van der Waals surface area contributed by atoms with Crippen molar-refractivity contribution in [2.45, 2.75) is 58.0 Å². The Morgan fingerprint density at radius 3 is 2.61 bits per heavy atom. The molecule has 1 aliphatic heterocycles. The Balaban J connectivity index is 0.00000385. The average molecular weight is 572 g/mol. The quantitative estimate of drug-likeness (QED) is 0.269. The minimum Gasteiger partial charge on any atom is -0.497 e. The van der Waals surface area contributed by atoms with E-state index in [1.807, 2.05) is 19.2 Å². The van der Waals surface area contributed by atoms with Gasteiger partial charge in [-0.2, -0.15) is 0 Å². The van der Waals surface area contributed by atoms with E-state index in [1.54, 1.807) is 7.11 Å². The third kappa shape index (κ3) is 7.47. The van der Waals surface area contributed by atoms with Crippen molar-refractivity contribution in [2.75, 3.05) is 46.9 Å². The van der Waals surface area contributed by atoms with E-state index in [0.29, 0.717) is 5.91 Å². The molecule has 1 aromatic carbocycles. The van der Waals surface area contributed by atoms with Gasteiger partial charge in [0.25, 0.3) is 0 Å². The summed E-state index contributed by atoms with van der Waals surface area (Å²) in [5, 5.41) is 7.08. The molecule has 186 valence electrons. The predicted octanol–water partition coefficient (Wildman–Crippen LogP) is 3.65. The number of likely N-dealkylation sites (tertiary alicyclic amines) is 1. The highest BCUT2D eigenvalue weighted by Gasteiger charge is 2.32. The SMILES string of the molecule is CCN(CC)C(CNC(=NC)NC1CCN(C(=O)C2CCCC2)C1)c1cccc(OC)c1.I. The summed E-state index contributed by atoms with van der Waals surface area (Å²) in [5.41, 5.74) is 1.23. The molecule has 0 bridgehead atoms. The molecule has 2 fully saturated rings. The van der Waals surface area contributed by atoms with Gasteiger partial charge in [0.2, 0.25) is 5.91 Å². The first-order valence-electron chi connectivity index (χ1n) is 12.2. The van der Waals surface area contributed by atoms with Crippen LogP contribution in [-0.4, -0.2) is 74.6 Å². The molecule has 2 unspecified atom stereocenters. The van der Waals surface area contributed by atoms with E-state index in [2.05, 4.69) is 51.4 Å². The highest BCUT2D eigenvalue weighted by Crippen LogP contribution is 2.28. The first-order chi connectivity index (χ1) is 15.6. The van der Waals surface area contributed by atoms with Gasteiger partial charge >= 0.3 is 0 Å². The lowest BCUT2D eigenvalue weighted by molar-refractivity contribution is -0.134. The second-order valence-corrected chi connectivity index (χ2v) is 8.86. The molecule has 0 spiro atoms. The van der Waals surface area contributed by atoms with Crippen molar-refractivity contribution in [1.82, 2.24) is 20.4 Å². The van der Waals surface area contributed by atoms with Gasteiger partial charge in [0.05, 0.1) is 13.2 Å². The number of carbonyl (C=O) groups excluding carboxylic acids is 1. The van der Waals surface area contributed by atoms with Crippen LogP contribution in [0, 0.1) is 5.92 Å². The summed E-state index contributed by atoms with van der Waals surface area (Å²) in [6.07, 6.45) is 5.49. The van der Waals surface area contributed by atoms with Gasteiger partial charge in [-0.25, -0.2) is 0 Å². The van der Waals surface area contributed by atoms with Crippen LogP contribution in [0.25, 0.3) is 0 Å². The van der Waals surface area contributed by atoms with E-state index in [0.717, 1.165) is 63.7 Å². The second kappa shape index (κ2) is 14.0. The number of hydrogen-bond acceptors (Lipinski definition) is 4. The van der Waals surface area contributed by atoms with Gasteiger partial charge in [-0.3, -0.25) is 14.7 Å². The maximum absolute atomic E-state index is 12.8. The number of nitrogens with zero attached hydrogens (tertiary/aromatic N) is 3. The summed E-state index contributed by atoms with van der Waals surface area (Å²) in [6, 6.07) is 8.76. The van der Waals surface area contributed by atoms with E-state index in [9.17, 15) is 4.79 Å². The molecule has 1 saturated carbocycles. The van der Waals surface area contributed by atoms with Crippen LogP contribution in [0.15, 0.2) is 29.3 Å². The molecule has 7 nitrogen and oxygen atoms in total. The summed E-state index contributed by atoms with van der Waals surface area (Å²) >= 11 is 0. The Kier molecular flexibility index (Phi) is 11.7. The maximum Gasteiger partial charge on any atom is 0.225 e. The first-order valence-corrected chi connectivity index (χ1v) is 12.2. The zero-order valence-corrected chi connectivity index (χ0v) is 23.0. The summed E-state index contributed by atoms with van der Waals surface area (Å²) in [4.78, 5) is 21.7. The molecule has 33 heavy (non-hydrogen) atoms. The number of rotatable bonds is 9. The summed E-state index contributed by atoms with van der Waals surface area (Å²) in [5.74, 6) is 2.28. The predicted molar refractivity (Wildman–Crippen MR) is 146 cm³/mol. The van der Waals surface area contributed by atoms with Gasteiger partial charge in [0, 0.05) is 38.6 Å². The van der Waals surface area contributed by atoms with Crippen molar-refractivity contribution in [2.24, 2.45) is 10.9 Å². The van der Waals surface area contributed by atoms with Crippen molar-refractivity contribution >= 4 is 35.8 Å². The molecule has 2 N–H and O–H groups in total. The van der Waals surface area contributed by atoms with Crippen LogP contribution in [0.1, 0.15) is 57.6 Å². The maximum atomic E-state index is 12.8. The van der Waals surface area contributed by atoms with Crippen LogP contribution in [0.4, 0.5) is 0 Å². The van der Waals surface area contributed by atoms with Crippen LogP contribution >= 0.6 is 24.0 Å². The van der Waals surface area contributed by atoms with Gasteiger partial charge in [0.1, 0.15) is 5.75 Å². The fraction of sp³-hybridized carbons (Fsp3) is 0.680. The molecule has 3 rings (SSSR count). The van der Waals surface area contributed by atoms with Crippen molar-refractivity contribution in [3.05, 3.63) is 29.8 Å². The van der Waals surface area contributed by atoms with Crippen LogP contribution in [0.5, 0.6) is 5.75 Å². The highest BCUT2D eigenvalue weighted by molar-refractivity contribution is 14.0. The molecule has 0 aromatic heterocycles. The van der Waals surface area contributed by atoms with Crippen LogP contribution in [0.3, 0.4) is 0 Å². The van der Waals surface area contributed by atoms with E-state index in [4.69, 9.17) is 4.74 Å². The number of likely N-dealkylation sites (N-methyl/N-ethyl adjacent to an activating group) is 1. The molecule has 0 radical (unpaired) electrons. The Labute approximate surface area is 216 Å². The van der Waals surface area contributed by atoms with Crippen molar-refractivity contribution in [3.8, 4) is 5.75 Å². The van der Waals surface area contributed by atoms with Gasteiger partial charge in [0.15, 0.2) is 5.96 Å². The van der Waals surface area contributed by atoms with Crippen molar-refractivity contribution < 1.29 is 9.53 Å². The fourth-order valence-corrected chi connectivity index (χ4v) is 5.06. The highest BCUT2D eigenvalue weighted by atomic mass is 127. The van der Waals surface area contributed by atoms with E-state index in [1.165, 1.54) is 18.4 Å². The zero-order chi connectivity index (χ0) is 22.9. The van der Waals surface area contributed by atoms with E-state index < -0.39 is 0 Å². The minimum absolute atomic E-state index is 0. The minimum atomic E-state index is 0. The Bertz CT molecular complexity index is 765. The Hall–Kier alpha value is -1.55. The van der Waals surface area contributed by atoms with Crippen molar-refractivity contribution in [3.63, 3.8) is 0 Å². The standard InChI is InChI=1S/C25H41N5O2.HI/c1-5-29(6-2)23(20-12-9-13-22(16-20)32-4)17-27-25(26-3)28-21-14-15-30(18-21)24(31)19-10-7-8-11-19;/h9,12-13,16,19,21,23H,5-8,10-11,14-15,17-18H2,1-4H3,(H2,26,27,28);1H. The molecular weight excluding hydrogens is 529 g/mol. The number of amides is 1. The summed E-state index contributed by atoms with van der Waals surface area (Å²) in [7, 11) is 3.52. The smallest absolute Gasteiger partial charge is 0.225 e. The number of guanidine groups is 1. The largest absolute Gasteiger partial charge is 0.497 e. The number of halogens is 1. The van der Waals surface area contributed by atoms with Gasteiger partial charge in [-0.15, -0.1) is 24.0 Å². The van der Waals surface area contributed by atoms with Crippen molar-refractivity contribution in [1.29, 1.82) is 0 Å². The third-order valence-corrected chi connectivity index (χ3v) is 6.96. The monoisotopic (exact) mass is 571 g/mol. The second-order valence-electron chi connectivity index (χ2n) is 8.86. The number of nitrogens with one attached hydrogen (secondary N) is 2. The van der Waals surface area contributed by atoms with E-state index >= 15 is 0 Å². The number of hydrogen-bond donors (Lipinski definition) is 2. The zero-order valence-electron chi connectivity index (χ0n) is 20.7. The normalized spacial score (nSPS) is 20.0. The summed E-state index contributed by atoms with van der Waals surface area (Å²) < 4.78 is 5.45. The fourth-order valence-electron chi connectivity index (χ4n) is 5.06. The third-order valence-electron chi connectivity index (χ3n) is 6.96. The number of carbonyl (C=O) groups is 1.